The molecule has 25 heavy (non-hydrogen) atoms. The van der Waals surface area contributed by atoms with Crippen LogP contribution in [0.25, 0.3) is 16.9 Å². The van der Waals surface area contributed by atoms with Gasteiger partial charge in [-0.3, -0.25) is 4.57 Å². The fourth-order valence-corrected chi connectivity index (χ4v) is 2.93. The number of hydrogen-bond acceptors (Lipinski definition) is 4. The Hall–Kier alpha value is -3.21. The second-order valence-corrected chi connectivity index (χ2v) is 5.85. The standard InChI is InChI=1S/C20H19N5/c1-3-17-23-18-14(2)21-20(22-15-10-6-4-7-11-15)24-19(18)25(17)16-12-8-5-9-13-16/h4-13H,3H2,1-2H3,(H,21,22,24). The van der Waals surface area contributed by atoms with E-state index in [1.165, 1.54) is 0 Å². The van der Waals surface area contributed by atoms with E-state index in [1.54, 1.807) is 0 Å². The highest BCUT2D eigenvalue weighted by molar-refractivity contribution is 5.78. The molecule has 5 heteroatoms. The highest BCUT2D eigenvalue weighted by Crippen LogP contribution is 2.24. The van der Waals surface area contributed by atoms with Gasteiger partial charge in [-0.1, -0.05) is 43.3 Å². The molecule has 0 amide bonds. The van der Waals surface area contributed by atoms with Gasteiger partial charge in [0.1, 0.15) is 11.3 Å². The molecule has 2 heterocycles. The summed E-state index contributed by atoms with van der Waals surface area (Å²) in [6.07, 6.45) is 0.826. The van der Waals surface area contributed by atoms with Crippen molar-refractivity contribution in [2.24, 2.45) is 0 Å². The highest BCUT2D eigenvalue weighted by atomic mass is 15.2. The number of nitrogens with zero attached hydrogens (tertiary/aromatic N) is 4. The number of anilines is 2. The molecule has 4 rings (SSSR count). The van der Waals surface area contributed by atoms with E-state index in [0.717, 1.165) is 40.5 Å². The van der Waals surface area contributed by atoms with Crippen LogP contribution in [0.4, 0.5) is 11.6 Å². The van der Waals surface area contributed by atoms with Crippen molar-refractivity contribution in [3.05, 3.63) is 72.2 Å². The van der Waals surface area contributed by atoms with E-state index >= 15 is 0 Å². The SMILES string of the molecule is CCc1nc2c(C)nc(Nc3ccccc3)nc2n1-c1ccccc1. The van der Waals surface area contributed by atoms with Gasteiger partial charge in [0.05, 0.1) is 5.69 Å². The Kier molecular flexibility index (Phi) is 3.90. The first-order chi connectivity index (χ1) is 12.3. The summed E-state index contributed by atoms with van der Waals surface area (Å²) in [5, 5.41) is 3.28. The Morgan fingerprint density at radius 2 is 1.56 bits per heavy atom. The van der Waals surface area contributed by atoms with Crippen molar-refractivity contribution >= 4 is 22.8 Å². The van der Waals surface area contributed by atoms with Crippen molar-refractivity contribution in [2.45, 2.75) is 20.3 Å². The second kappa shape index (κ2) is 6.36. The predicted octanol–water partition coefficient (Wildman–Crippen LogP) is 4.43. The third-order valence-corrected chi connectivity index (χ3v) is 4.11. The summed E-state index contributed by atoms with van der Waals surface area (Å²) in [7, 11) is 0. The van der Waals surface area contributed by atoms with Gasteiger partial charge < -0.3 is 5.32 Å². The van der Waals surface area contributed by atoms with Crippen LogP contribution in [0.1, 0.15) is 18.4 Å². The largest absolute Gasteiger partial charge is 0.324 e. The molecule has 0 spiro atoms. The molecule has 0 aliphatic carbocycles. The maximum atomic E-state index is 4.77. The number of nitrogens with one attached hydrogen (secondary N) is 1. The molecular formula is C20H19N5. The van der Waals surface area contributed by atoms with Crippen LogP contribution in [-0.2, 0) is 6.42 Å². The topological polar surface area (TPSA) is 55.6 Å². The molecule has 5 nitrogen and oxygen atoms in total. The maximum absolute atomic E-state index is 4.77. The van der Waals surface area contributed by atoms with E-state index in [9.17, 15) is 0 Å². The molecule has 1 N–H and O–H groups in total. The molecule has 0 unspecified atom stereocenters. The van der Waals surface area contributed by atoms with Crippen LogP contribution >= 0.6 is 0 Å². The molecule has 0 aliphatic rings. The van der Waals surface area contributed by atoms with Gasteiger partial charge in [-0.15, -0.1) is 0 Å². The smallest absolute Gasteiger partial charge is 0.229 e. The normalized spacial score (nSPS) is 11.0. The van der Waals surface area contributed by atoms with Crippen molar-refractivity contribution < 1.29 is 0 Å². The van der Waals surface area contributed by atoms with Crippen LogP contribution < -0.4 is 5.32 Å². The number of hydrogen-bond donors (Lipinski definition) is 1. The Bertz CT molecular complexity index is 1010. The molecule has 0 fully saturated rings. The minimum absolute atomic E-state index is 0.580. The van der Waals surface area contributed by atoms with E-state index in [0.29, 0.717) is 5.95 Å². The quantitative estimate of drug-likeness (QED) is 0.602. The van der Waals surface area contributed by atoms with Gasteiger partial charge in [-0.25, -0.2) is 9.97 Å². The number of para-hydroxylation sites is 2. The van der Waals surface area contributed by atoms with E-state index < -0.39 is 0 Å². The van der Waals surface area contributed by atoms with Crippen molar-refractivity contribution in [1.29, 1.82) is 0 Å². The lowest BCUT2D eigenvalue weighted by atomic mass is 10.3. The molecule has 0 saturated carbocycles. The summed E-state index contributed by atoms with van der Waals surface area (Å²) in [4.78, 5) is 14.1. The van der Waals surface area contributed by atoms with E-state index in [4.69, 9.17) is 9.97 Å². The van der Waals surface area contributed by atoms with Gasteiger partial charge in [0, 0.05) is 17.8 Å². The molecule has 4 aromatic rings. The fourth-order valence-electron chi connectivity index (χ4n) is 2.93. The average Bonchev–Trinajstić information content (AvgIpc) is 3.02. The third-order valence-electron chi connectivity index (χ3n) is 4.11. The summed E-state index contributed by atoms with van der Waals surface area (Å²) in [5.41, 5.74) is 4.56. The van der Waals surface area contributed by atoms with Gasteiger partial charge in [-0.2, -0.15) is 4.98 Å². The number of fused-ring (bicyclic) bond motifs is 1. The van der Waals surface area contributed by atoms with Crippen LogP contribution in [-0.4, -0.2) is 19.5 Å². The molecule has 0 radical (unpaired) electrons. The lowest BCUT2D eigenvalue weighted by Crippen LogP contribution is -2.03. The monoisotopic (exact) mass is 329 g/mol. The average molecular weight is 329 g/mol. The molecule has 0 atom stereocenters. The van der Waals surface area contributed by atoms with Gasteiger partial charge in [0.25, 0.3) is 0 Å². The van der Waals surface area contributed by atoms with Crippen molar-refractivity contribution in [2.75, 3.05) is 5.32 Å². The predicted molar refractivity (Wildman–Crippen MR) is 100 cm³/mol. The molecule has 2 aromatic heterocycles. The summed E-state index contributed by atoms with van der Waals surface area (Å²) in [6.45, 7) is 4.08. The van der Waals surface area contributed by atoms with Gasteiger partial charge >= 0.3 is 0 Å². The zero-order valence-corrected chi connectivity index (χ0v) is 14.3. The fraction of sp³-hybridized carbons (Fsp3) is 0.150. The van der Waals surface area contributed by atoms with Crippen molar-refractivity contribution in [3.63, 3.8) is 0 Å². The number of aryl methyl sites for hydroxylation is 2. The van der Waals surface area contributed by atoms with Gasteiger partial charge in [-0.05, 0) is 31.2 Å². The first-order valence-electron chi connectivity index (χ1n) is 8.39. The molecule has 0 bridgehead atoms. The summed E-state index contributed by atoms with van der Waals surface area (Å²) < 4.78 is 2.11. The second-order valence-electron chi connectivity index (χ2n) is 5.85. The number of aromatic nitrogens is 4. The lowest BCUT2D eigenvalue weighted by molar-refractivity contribution is 0.901. The van der Waals surface area contributed by atoms with E-state index in [-0.39, 0.29) is 0 Å². The number of rotatable bonds is 4. The van der Waals surface area contributed by atoms with Crippen molar-refractivity contribution in [1.82, 2.24) is 19.5 Å². The zero-order valence-electron chi connectivity index (χ0n) is 14.3. The van der Waals surface area contributed by atoms with Crippen LogP contribution in [0, 0.1) is 6.92 Å². The number of imidazole rings is 1. The molecular weight excluding hydrogens is 310 g/mol. The van der Waals surface area contributed by atoms with Gasteiger partial charge in [0.2, 0.25) is 5.95 Å². The zero-order chi connectivity index (χ0) is 17.2. The first-order valence-corrected chi connectivity index (χ1v) is 8.39. The Morgan fingerprint density at radius 1 is 0.880 bits per heavy atom. The van der Waals surface area contributed by atoms with Crippen molar-refractivity contribution in [3.8, 4) is 5.69 Å². The van der Waals surface area contributed by atoms with E-state index in [2.05, 4.69) is 33.9 Å². The summed E-state index contributed by atoms with van der Waals surface area (Å²) >= 11 is 0. The third kappa shape index (κ3) is 2.85. The molecule has 0 saturated heterocycles. The first kappa shape index (κ1) is 15.3. The Labute approximate surface area is 146 Å². The summed E-state index contributed by atoms with van der Waals surface area (Å²) in [5.74, 6) is 1.56. The highest BCUT2D eigenvalue weighted by Gasteiger charge is 2.16. The minimum atomic E-state index is 0.580. The van der Waals surface area contributed by atoms with E-state index in [1.807, 2.05) is 55.5 Å². The Morgan fingerprint density at radius 3 is 2.24 bits per heavy atom. The Balaban J connectivity index is 1.89. The van der Waals surface area contributed by atoms with Crippen LogP contribution in [0.3, 0.4) is 0 Å². The maximum Gasteiger partial charge on any atom is 0.229 e. The van der Waals surface area contributed by atoms with Gasteiger partial charge in [0.15, 0.2) is 5.65 Å². The number of benzene rings is 2. The molecule has 124 valence electrons. The lowest BCUT2D eigenvalue weighted by Gasteiger charge is -2.09. The van der Waals surface area contributed by atoms with Crippen LogP contribution in [0.15, 0.2) is 60.7 Å². The molecule has 2 aromatic carbocycles. The molecule has 0 aliphatic heterocycles. The van der Waals surface area contributed by atoms with Crippen LogP contribution in [0.5, 0.6) is 0 Å². The minimum Gasteiger partial charge on any atom is -0.324 e. The summed E-state index contributed by atoms with van der Waals surface area (Å²) in [6, 6.07) is 20.1. The van der Waals surface area contributed by atoms with Crippen LogP contribution in [0.2, 0.25) is 0 Å².